The smallest absolute Gasteiger partial charge is 0.253 e. The molecular weight excluding hydrogens is 490 g/mol. The molecular formula is C30H37N7O2. The third-order valence-electron chi connectivity index (χ3n) is 8.21. The molecule has 9 heteroatoms. The Balaban J connectivity index is 1.38. The second-order valence-electron chi connectivity index (χ2n) is 11.2. The van der Waals surface area contributed by atoms with Gasteiger partial charge in [0.2, 0.25) is 0 Å². The highest BCUT2D eigenvalue weighted by Crippen LogP contribution is 2.31. The number of rotatable bonds is 6. The molecule has 39 heavy (non-hydrogen) atoms. The number of aryl methyl sites for hydroxylation is 4. The van der Waals surface area contributed by atoms with Gasteiger partial charge in [0.15, 0.2) is 5.82 Å². The van der Waals surface area contributed by atoms with Crippen LogP contribution in [0.3, 0.4) is 0 Å². The van der Waals surface area contributed by atoms with Crippen LogP contribution in [0.15, 0.2) is 41.2 Å². The van der Waals surface area contributed by atoms with Gasteiger partial charge in [0.25, 0.3) is 5.56 Å². The van der Waals surface area contributed by atoms with Crippen LogP contribution in [0.5, 0.6) is 0 Å². The van der Waals surface area contributed by atoms with Crippen LogP contribution in [-0.2, 0) is 11.3 Å². The third-order valence-corrected chi connectivity index (χ3v) is 8.21. The minimum Gasteiger partial charge on any atom is -0.376 e. The standard InChI is InChI=1S/C30H37N7O2/c1-19-7-8-21(3)26(16-19)35-9-11-36(12-10-35)28(29-32-33-34-37(29)18-24-6-5-13-39-24)25-17-23-15-20(2)14-22(4)27(23)31-30(25)38/h7-8,14-17,24,28H,5-6,9-13,18H2,1-4H3,(H,31,38)/t24-,28+/m1/s1. The van der Waals surface area contributed by atoms with Crippen LogP contribution < -0.4 is 10.5 Å². The average molecular weight is 528 g/mol. The van der Waals surface area contributed by atoms with E-state index in [1.165, 1.54) is 22.4 Å². The highest BCUT2D eigenvalue weighted by atomic mass is 16.5. The third kappa shape index (κ3) is 5.08. The van der Waals surface area contributed by atoms with Crippen LogP contribution in [0.1, 0.15) is 52.5 Å². The Morgan fingerprint density at radius 3 is 2.59 bits per heavy atom. The number of ether oxygens (including phenoxy) is 1. The first-order chi connectivity index (χ1) is 18.9. The van der Waals surface area contributed by atoms with E-state index in [4.69, 9.17) is 4.74 Å². The number of fused-ring (bicyclic) bond motifs is 1. The van der Waals surface area contributed by atoms with Crippen molar-refractivity contribution in [2.75, 3.05) is 37.7 Å². The highest BCUT2D eigenvalue weighted by molar-refractivity contribution is 5.83. The molecule has 2 atom stereocenters. The topological polar surface area (TPSA) is 92.2 Å². The first-order valence-electron chi connectivity index (χ1n) is 14.0. The van der Waals surface area contributed by atoms with Crippen molar-refractivity contribution in [3.63, 3.8) is 0 Å². The second-order valence-corrected chi connectivity index (χ2v) is 11.2. The van der Waals surface area contributed by atoms with E-state index in [2.05, 4.69) is 81.4 Å². The van der Waals surface area contributed by atoms with E-state index in [-0.39, 0.29) is 17.7 Å². The Kier molecular flexibility index (Phi) is 6.95. The number of aromatic amines is 1. The predicted octanol–water partition coefficient (Wildman–Crippen LogP) is 3.84. The zero-order chi connectivity index (χ0) is 27.1. The van der Waals surface area contributed by atoms with Gasteiger partial charge in [-0.2, -0.15) is 0 Å². The van der Waals surface area contributed by atoms with Gasteiger partial charge in [-0.1, -0.05) is 23.8 Å². The lowest BCUT2D eigenvalue weighted by Crippen LogP contribution is -2.49. The van der Waals surface area contributed by atoms with Crippen molar-refractivity contribution in [2.24, 2.45) is 0 Å². The number of nitrogens with zero attached hydrogens (tertiary/aromatic N) is 6. The zero-order valence-electron chi connectivity index (χ0n) is 23.3. The average Bonchev–Trinajstić information content (AvgIpc) is 3.60. The maximum atomic E-state index is 13.7. The van der Waals surface area contributed by atoms with Crippen molar-refractivity contribution in [3.8, 4) is 0 Å². The van der Waals surface area contributed by atoms with E-state index >= 15 is 0 Å². The summed E-state index contributed by atoms with van der Waals surface area (Å²) in [6.45, 7) is 13.1. The molecule has 0 amide bonds. The number of benzene rings is 2. The molecule has 2 fully saturated rings. The maximum Gasteiger partial charge on any atom is 0.253 e. The summed E-state index contributed by atoms with van der Waals surface area (Å²) in [5.41, 5.74) is 7.52. The van der Waals surface area contributed by atoms with Crippen LogP contribution in [-0.4, -0.2) is 69.0 Å². The lowest BCUT2D eigenvalue weighted by atomic mass is 10.00. The first-order valence-corrected chi connectivity index (χ1v) is 14.0. The number of anilines is 1. The summed E-state index contributed by atoms with van der Waals surface area (Å²) in [7, 11) is 0. The molecule has 4 aromatic rings. The van der Waals surface area contributed by atoms with Crippen molar-refractivity contribution >= 4 is 16.6 Å². The number of hydrogen-bond acceptors (Lipinski definition) is 7. The Hall–Kier alpha value is -3.56. The summed E-state index contributed by atoms with van der Waals surface area (Å²) >= 11 is 0. The molecule has 2 aromatic carbocycles. The SMILES string of the molecule is Cc1ccc(C)c(N2CCN([C@@H](c3cc4cc(C)cc(C)c4[nH]c3=O)c3nnnn3C[C@H]3CCCO3)CC2)c1. The minimum atomic E-state index is -0.365. The van der Waals surface area contributed by atoms with Gasteiger partial charge in [0.05, 0.1) is 18.2 Å². The van der Waals surface area contributed by atoms with Gasteiger partial charge < -0.3 is 14.6 Å². The molecule has 2 aromatic heterocycles. The second kappa shape index (κ2) is 10.5. The Morgan fingerprint density at radius 1 is 1.00 bits per heavy atom. The number of aromatic nitrogens is 5. The van der Waals surface area contributed by atoms with Crippen molar-refractivity contribution < 1.29 is 4.74 Å². The fourth-order valence-corrected chi connectivity index (χ4v) is 6.21. The normalized spacial score (nSPS) is 19.2. The van der Waals surface area contributed by atoms with E-state index in [0.29, 0.717) is 17.9 Å². The first kappa shape index (κ1) is 25.7. The Morgan fingerprint density at radius 2 is 1.82 bits per heavy atom. The summed E-state index contributed by atoms with van der Waals surface area (Å²) in [5, 5.41) is 14.0. The van der Waals surface area contributed by atoms with Crippen molar-refractivity contribution in [1.82, 2.24) is 30.1 Å². The lowest BCUT2D eigenvalue weighted by molar-refractivity contribution is 0.0906. The summed E-state index contributed by atoms with van der Waals surface area (Å²) in [5.74, 6) is 0.694. The molecule has 1 N–H and O–H groups in total. The molecule has 0 spiro atoms. The summed E-state index contributed by atoms with van der Waals surface area (Å²) in [6.07, 6.45) is 2.14. The molecule has 2 aliphatic rings. The molecule has 9 nitrogen and oxygen atoms in total. The number of piperazine rings is 1. The van der Waals surface area contributed by atoms with Crippen LogP contribution in [0.25, 0.3) is 10.9 Å². The van der Waals surface area contributed by atoms with Gasteiger partial charge >= 0.3 is 0 Å². The molecule has 0 saturated carbocycles. The van der Waals surface area contributed by atoms with Crippen LogP contribution >= 0.6 is 0 Å². The minimum absolute atomic E-state index is 0.0919. The van der Waals surface area contributed by atoms with E-state index < -0.39 is 0 Å². The molecule has 2 saturated heterocycles. The number of tetrazole rings is 1. The quantitative estimate of drug-likeness (QED) is 0.407. The monoisotopic (exact) mass is 527 g/mol. The molecule has 6 rings (SSSR count). The van der Waals surface area contributed by atoms with Crippen molar-refractivity contribution in [3.05, 3.63) is 80.4 Å². The van der Waals surface area contributed by atoms with Gasteiger partial charge in [0.1, 0.15) is 6.04 Å². The Labute approximate surface area is 228 Å². The van der Waals surface area contributed by atoms with Crippen LogP contribution in [0.4, 0.5) is 5.69 Å². The molecule has 204 valence electrons. The van der Waals surface area contributed by atoms with Crippen molar-refractivity contribution in [2.45, 2.75) is 59.2 Å². The van der Waals surface area contributed by atoms with Crippen molar-refractivity contribution in [1.29, 1.82) is 0 Å². The predicted molar refractivity (Wildman–Crippen MR) is 152 cm³/mol. The van der Waals surface area contributed by atoms with E-state index in [0.717, 1.165) is 62.1 Å². The van der Waals surface area contributed by atoms with Crippen LogP contribution in [0.2, 0.25) is 0 Å². The van der Waals surface area contributed by atoms with E-state index in [1.807, 2.05) is 17.7 Å². The fourth-order valence-electron chi connectivity index (χ4n) is 6.21. The van der Waals surface area contributed by atoms with Gasteiger partial charge in [-0.15, -0.1) is 5.10 Å². The molecule has 0 unspecified atom stereocenters. The van der Waals surface area contributed by atoms with E-state index in [1.54, 1.807) is 0 Å². The largest absolute Gasteiger partial charge is 0.376 e. The van der Waals surface area contributed by atoms with Crippen LogP contribution in [0, 0.1) is 27.7 Å². The molecule has 0 aliphatic carbocycles. The molecule has 2 aliphatic heterocycles. The van der Waals surface area contributed by atoms with E-state index in [9.17, 15) is 4.79 Å². The lowest BCUT2D eigenvalue weighted by Gasteiger charge is -2.40. The molecule has 0 radical (unpaired) electrons. The molecule has 4 heterocycles. The number of H-pyrrole nitrogens is 1. The van der Waals surface area contributed by atoms with Gasteiger partial charge in [-0.25, -0.2) is 4.68 Å². The zero-order valence-corrected chi connectivity index (χ0v) is 23.3. The number of pyridine rings is 1. The van der Waals surface area contributed by atoms with Gasteiger partial charge in [-0.05, 0) is 91.2 Å². The molecule has 0 bridgehead atoms. The summed E-state index contributed by atoms with van der Waals surface area (Å²) < 4.78 is 7.75. The number of nitrogens with one attached hydrogen (secondary N) is 1. The fraction of sp³-hybridized carbons (Fsp3) is 0.467. The highest BCUT2D eigenvalue weighted by Gasteiger charge is 2.34. The Bertz CT molecular complexity index is 1540. The summed E-state index contributed by atoms with van der Waals surface area (Å²) in [4.78, 5) is 21.7. The van der Waals surface area contributed by atoms with Gasteiger partial charge in [0, 0.05) is 44.0 Å². The summed E-state index contributed by atoms with van der Waals surface area (Å²) in [6, 6.07) is 12.5. The number of hydrogen-bond donors (Lipinski definition) is 1. The maximum absolute atomic E-state index is 13.7. The van der Waals surface area contributed by atoms with Gasteiger partial charge in [-0.3, -0.25) is 9.69 Å².